The van der Waals surface area contributed by atoms with E-state index in [0.717, 1.165) is 39.6 Å². The molecule has 0 N–H and O–H groups in total. The average molecular weight is 362 g/mol. The van der Waals surface area contributed by atoms with Crippen LogP contribution >= 0.6 is 11.5 Å². The number of anilines is 1. The zero-order chi connectivity index (χ0) is 17.9. The molecule has 0 unspecified atom stereocenters. The van der Waals surface area contributed by atoms with E-state index in [9.17, 15) is 0 Å². The fourth-order valence-electron chi connectivity index (χ4n) is 2.89. The molecule has 4 rings (SSSR count). The SMILES string of the molecule is COc1ccc(-c2nsc3c(N(C)Cc4ccccc4)ncnc23)cc1. The van der Waals surface area contributed by atoms with E-state index in [1.54, 1.807) is 13.4 Å². The highest BCUT2D eigenvalue weighted by atomic mass is 32.1. The Morgan fingerprint density at radius 3 is 2.50 bits per heavy atom. The fourth-order valence-corrected chi connectivity index (χ4v) is 3.79. The summed E-state index contributed by atoms with van der Waals surface area (Å²) in [5.74, 6) is 1.72. The Hall–Kier alpha value is -2.99. The molecule has 0 atom stereocenters. The molecule has 5 nitrogen and oxygen atoms in total. The van der Waals surface area contributed by atoms with Crippen LogP contribution in [0.3, 0.4) is 0 Å². The molecule has 0 spiro atoms. The third kappa shape index (κ3) is 3.11. The third-order valence-corrected chi connectivity index (χ3v) is 5.06. The van der Waals surface area contributed by atoms with Gasteiger partial charge in [0.05, 0.1) is 7.11 Å². The minimum atomic E-state index is 0.780. The van der Waals surface area contributed by atoms with Crippen molar-refractivity contribution in [1.29, 1.82) is 0 Å². The van der Waals surface area contributed by atoms with Crippen molar-refractivity contribution in [2.75, 3.05) is 19.1 Å². The van der Waals surface area contributed by atoms with Crippen molar-refractivity contribution in [3.05, 3.63) is 66.5 Å². The minimum Gasteiger partial charge on any atom is -0.497 e. The number of benzene rings is 2. The maximum Gasteiger partial charge on any atom is 0.151 e. The van der Waals surface area contributed by atoms with Gasteiger partial charge in [0.15, 0.2) is 5.82 Å². The molecule has 2 heterocycles. The molecule has 0 saturated heterocycles. The Labute approximate surface area is 156 Å². The zero-order valence-electron chi connectivity index (χ0n) is 14.6. The molecule has 0 aliphatic carbocycles. The fraction of sp³-hybridized carbons (Fsp3) is 0.150. The summed E-state index contributed by atoms with van der Waals surface area (Å²) < 4.78 is 10.9. The van der Waals surface area contributed by atoms with Crippen LogP contribution in [0.1, 0.15) is 5.56 Å². The summed E-state index contributed by atoms with van der Waals surface area (Å²) in [6, 6.07) is 18.2. The lowest BCUT2D eigenvalue weighted by molar-refractivity contribution is 0.415. The number of nitrogens with zero attached hydrogens (tertiary/aromatic N) is 4. The molecule has 0 amide bonds. The molecular weight excluding hydrogens is 344 g/mol. The molecule has 0 radical (unpaired) electrons. The number of aromatic nitrogens is 3. The van der Waals surface area contributed by atoms with Crippen LogP contribution in [-0.4, -0.2) is 28.5 Å². The van der Waals surface area contributed by atoms with E-state index in [1.165, 1.54) is 17.1 Å². The Balaban J connectivity index is 1.70. The number of ether oxygens (including phenoxy) is 1. The lowest BCUT2D eigenvalue weighted by Gasteiger charge is -2.18. The minimum absolute atomic E-state index is 0.780. The van der Waals surface area contributed by atoms with Crippen molar-refractivity contribution in [3.63, 3.8) is 0 Å². The summed E-state index contributed by atoms with van der Waals surface area (Å²) >= 11 is 1.44. The van der Waals surface area contributed by atoms with Gasteiger partial charge in [-0.15, -0.1) is 0 Å². The largest absolute Gasteiger partial charge is 0.497 e. The Morgan fingerprint density at radius 1 is 1.00 bits per heavy atom. The summed E-state index contributed by atoms with van der Waals surface area (Å²) in [5.41, 5.74) is 4.02. The second kappa shape index (κ2) is 7.09. The molecule has 0 saturated carbocycles. The van der Waals surface area contributed by atoms with Crippen molar-refractivity contribution >= 4 is 27.6 Å². The van der Waals surface area contributed by atoms with Crippen LogP contribution in [-0.2, 0) is 6.54 Å². The van der Waals surface area contributed by atoms with Crippen molar-refractivity contribution in [1.82, 2.24) is 14.3 Å². The Kier molecular flexibility index (Phi) is 4.50. The van der Waals surface area contributed by atoms with Crippen molar-refractivity contribution < 1.29 is 4.74 Å². The van der Waals surface area contributed by atoms with Gasteiger partial charge in [0.1, 0.15) is 28.0 Å². The van der Waals surface area contributed by atoms with E-state index in [2.05, 4.69) is 31.4 Å². The first kappa shape index (κ1) is 16.5. The van der Waals surface area contributed by atoms with Gasteiger partial charge >= 0.3 is 0 Å². The Bertz CT molecular complexity index is 1020. The standard InChI is InChI=1S/C20H18N4OS/c1-24(12-14-6-4-3-5-7-14)20-19-18(21-13-22-20)17(23-26-19)15-8-10-16(25-2)11-9-15/h3-11,13H,12H2,1-2H3. The van der Waals surface area contributed by atoms with Gasteiger partial charge in [-0.3, -0.25) is 0 Å². The molecule has 2 aromatic heterocycles. The first-order valence-corrected chi connectivity index (χ1v) is 9.03. The lowest BCUT2D eigenvalue weighted by atomic mass is 10.1. The van der Waals surface area contributed by atoms with E-state index in [1.807, 2.05) is 49.5 Å². The van der Waals surface area contributed by atoms with Crippen LogP contribution < -0.4 is 9.64 Å². The number of methoxy groups -OCH3 is 1. The van der Waals surface area contributed by atoms with Gasteiger partial charge in [0, 0.05) is 19.2 Å². The highest BCUT2D eigenvalue weighted by Crippen LogP contribution is 2.34. The van der Waals surface area contributed by atoms with Gasteiger partial charge in [-0.05, 0) is 41.4 Å². The molecule has 0 bridgehead atoms. The van der Waals surface area contributed by atoms with E-state index in [0.29, 0.717) is 0 Å². The van der Waals surface area contributed by atoms with Crippen molar-refractivity contribution in [2.24, 2.45) is 0 Å². The van der Waals surface area contributed by atoms with Gasteiger partial charge in [0.2, 0.25) is 0 Å². The van der Waals surface area contributed by atoms with E-state index in [4.69, 9.17) is 4.74 Å². The highest BCUT2D eigenvalue weighted by Gasteiger charge is 2.16. The van der Waals surface area contributed by atoms with E-state index >= 15 is 0 Å². The second-order valence-corrected chi connectivity index (χ2v) is 6.75. The molecule has 130 valence electrons. The van der Waals surface area contributed by atoms with E-state index < -0.39 is 0 Å². The molecule has 0 aliphatic heterocycles. The summed E-state index contributed by atoms with van der Waals surface area (Å²) in [7, 11) is 3.71. The van der Waals surface area contributed by atoms with Crippen LogP contribution in [0.2, 0.25) is 0 Å². The van der Waals surface area contributed by atoms with Gasteiger partial charge < -0.3 is 9.64 Å². The summed E-state index contributed by atoms with van der Waals surface area (Å²) in [5, 5.41) is 0. The number of fused-ring (bicyclic) bond motifs is 1. The molecule has 0 aliphatic rings. The topological polar surface area (TPSA) is 51.1 Å². The third-order valence-electron chi connectivity index (χ3n) is 4.23. The zero-order valence-corrected chi connectivity index (χ0v) is 15.4. The van der Waals surface area contributed by atoms with Crippen molar-refractivity contribution in [3.8, 4) is 17.0 Å². The predicted octanol–water partition coefficient (Wildman–Crippen LogP) is 4.40. The number of hydrogen-bond acceptors (Lipinski definition) is 6. The second-order valence-electron chi connectivity index (χ2n) is 5.98. The van der Waals surface area contributed by atoms with Crippen LogP contribution in [0.25, 0.3) is 21.5 Å². The number of hydrogen-bond donors (Lipinski definition) is 0. The maximum absolute atomic E-state index is 5.23. The Morgan fingerprint density at radius 2 is 1.77 bits per heavy atom. The quantitative estimate of drug-likeness (QED) is 0.527. The summed E-state index contributed by atoms with van der Waals surface area (Å²) in [6.45, 7) is 0.780. The normalized spacial score (nSPS) is 10.8. The first-order valence-electron chi connectivity index (χ1n) is 8.26. The monoisotopic (exact) mass is 362 g/mol. The van der Waals surface area contributed by atoms with Gasteiger partial charge in [0.25, 0.3) is 0 Å². The molecule has 2 aromatic carbocycles. The summed E-state index contributed by atoms with van der Waals surface area (Å²) in [4.78, 5) is 11.1. The lowest BCUT2D eigenvalue weighted by Crippen LogP contribution is -2.17. The van der Waals surface area contributed by atoms with Gasteiger partial charge in [-0.2, -0.15) is 4.37 Å². The average Bonchev–Trinajstić information content (AvgIpc) is 3.13. The molecule has 4 aromatic rings. The highest BCUT2D eigenvalue weighted by molar-refractivity contribution is 7.14. The molecule has 6 heteroatoms. The molecule has 0 fully saturated rings. The van der Waals surface area contributed by atoms with Crippen LogP contribution in [0, 0.1) is 0 Å². The van der Waals surface area contributed by atoms with Gasteiger partial charge in [-0.25, -0.2) is 9.97 Å². The van der Waals surface area contributed by atoms with Crippen LogP contribution in [0.15, 0.2) is 60.9 Å². The van der Waals surface area contributed by atoms with E-state index in [-0.39, 0.29) is 0 Å². The molecular formula is C20H18N4OS. The van der Waals surface area contributed by atoms with Gasteiger partial charge in [-0.1, -0.05) is 30.3 Å². The summed E-state index contributed by atoms with van der Waals surface area (Å²) in [6.07, 6.45) is 1.61. The number of rotatable bonds is 5. The molecule has 26 heavy (non-hydrogen) atoms. The first-order chi connectivity index (χ1) is 12.8. The van der Waals surface area contributed by atoms with Crippen LogP contribution in [0.4, 0.5) is 5.82 Å². The van der Waals surface area contributed by atoms with Crippen LogP contribution in [0.5, 0.6) is 5.75 Å². The maximum atomic E-state index is 5.23. The van der Waals surface area contributed by atoms with Crippen molar-refractivity contribution in [2.45, 2.75) is 6.54 Å². The predicted molar refractivity (Wildman–Crippen MR) is 106 cm³/mol. The smallest absolute Gasteiger partial charge is 0.151 e.